The summed E-state index contributed by atoms with van der Waals surface area (Å²) in [5.74, 6) is 2.64. The number of hydrogen-bond donors (Lipinski definition) is 1. The van der Waals surface area contributed by atoms with Crippen molar-refractivity contribution in [3.63, 3.8) is 0 Å². The first-order chi connectivity index (χ1) is 19.4. The lowest BCUT2D eigenvalue weighted by molar-refractivity contribution is -0.162. The van der Waals surface area contributed by atoms with Crippen LogP contribution in [0.3, 0.4) is 0 Å². The number of likely N-dealkylation sites (tertiary alicyclic amines) is 1. The second-order valence-electron chi connectivity index (χ2n) is 11.3. The van der Waals surface area contributed by atoms with Crippen LogP contribution in [-0.4, -0.2) is 53.4 Å². The molecule has 0 radical (unpaired) electrons. The molecule has 1 N–H and O–H groups in total. The maximum Gasteiger partial charge on any atom is 0.246 e. The molecule has 3 aromatic rings. The molecule has 2 heterocycles. The molecule has 3 aromatic carbocycles. The molecule has 5 rings (SSSR count). The summed E-state index contributed by atoms with van der Waals surface area (Å²) in [6, 6.07) is 25.2. The van der Waals surface area contributed by atoms with Gasteiger partial charge in [0.25, 0.3) is 0 Å². The molecule has 210 valence electrons. The topological polar surface area (TPSA) is 71.1 Å². The molecule has 0 aromatic heterocycles. The highest BCUT2D eigenvalue weighted by molar-refractivity contribution is 6.00. The number of rotatable bonds is 9. The first-order valence-electron chi connectivity index (χ1n) is 14.2. The van der Waals surface area contributed by atoms with Gasteiger partial charge in [-0.3, -0.25) is 14.5 Å². The first kappa shape index (κ1) is 27.7. The van der Waals surface area contributed by atoms with Crippen molar-refractivity contribution in [2.45, 2.75) is 57.8 Å². The average molecular weight is 542 g/mol. The molecule has 7 heteroatoms. The van der Waals surface area contributed by atoms with Crippen molar-refractivity contribution in [2.75, 3.05) is 20.2 Å². The van der Waals surface area contributed by atoms with Crippen LogP contribution in [0.5, 0.6) is 17.2 Å². The molecule has 0 bridgehead atoms. The molecule has 2 fully saturated rings. The number of nitrogens with one attached hydrogen (secondary N) is 1. The quantitative estimate of drug-likeness (QED) is 0.393. The summed E-state index contributed by atoms with van der Waals surface area (Å²) < 4.78 is 11.3. The number of carbonyl (C=O) groups excluding carboxylic acids is 2. The van der Waals surface area contributed by atoms with E-state index in [1.54, 1.807) is 7.11 Å². The van der Waals surface area contributed by atoms with Crippen molar-refractivity contribution >= 4 is 11.8 Å². The summed E-state index contributed by atoms with van der Waals surface area (Å²) in [5.41, 5.74) is 1.30. The average Bonchev–Trinajstić information content (AvgIpc) is 2.96. The van der Waals surface area contributed by atoms with Gasteiger partial charge in [-0.05, 0) is 72.7 Å². The van der Waals surface area contributed by atoms with E-state index < -0.39 is 11.6 Å². The third kappa shape index (κ3) is 6.15. The highest BCUT2D eigenvalue weighted by Gasteiger charge is 2.53. The van der Waals surface area contributed by atoms with E-state index in [0.717, 1.165) is 42.4 Å². The van der Waals surface area contributed by atoms with Crippen LogP contribution in [0.2, 0.25) is 0 Å². The predicted octanol–water partition coefficient (Wildman–Crippen LogP) is 5.40. The lowest BCUT2D eigenvalue weighted by atomic mass is 9.80. The zero-order valence-corrected chi connectivity index (χ0v) is 23.6. The van der Waals surface area contributed by atoms with Gasteiger partial charge in [0.15, 0.2) is 0 Å². The fraction of sp³-hybridized carbons (Fsp3) is 0.394. The number of carbonyl (C=O) groups is 2. The highest BCUT2D eigenvalue weighted by Crippen LogP contribution is 2.36. The van der Waals surface area contributed by atoms with E-state index in [9.17, 15) is 9.59 Å². The number of benzene rings is 3. The Morgan fingerprint density at radius 3 is 2.20 bits per heavy atom. The number of piperidine rings is 1. The SMILES string of the molecule is COc1cccc(CN2C(=O)C(CC(C)C)NC(=O)C23CCN(Cc2ccc(Oc4ccccc4)cc2)CC3)c1. The molecule has 2 saturated heterocycles. The zero-order valence-electron chi connectivity index (χ0n) is 23.6. The minimum absolute atomic E-state index is 0.0126. The van der Waals surface area contributed by atoms with Gasteiger partial charge in [0.1, 0.15) is 28.8 Å². The van der Waals surface area contributed by atoms with Gasteiger partial charge in [0, 0.05) is 26.2 Å². The van der Waals surface area contributed by atoms with Gasteiger partial charge in [-0.25, -0.2) is 0 Å². The maximum absolute atomic E-state index is 13.8. The Labute approximate surface area is 237 Å². The van der Waals surface area contributed by atoms with Gasteiger partial charge in [-0.2, -0.15) is 0 Å². The van der Waals surface area contributed by atoms with Crippen LogP contribution in [0.4, 0.5) is 0 Å². The monoisotopic (exact) mass is 541 g/mol. The third-order valence-electron chi connectivity index (χ3n) is 7.98. The molecule has 2 aliphatic heterocycles. The number of hydrogen-bond acceptors (Lipinski definition) is 5. The molecule has 0 aliphatic carbocycles. The number of nitrogens with zero attached hydrogens (tertiary/aromatic N) is 2. The van der Waals surface area contributed by atoms with Gasteiger partial charge >= 0.3 is 0 Å². The van der Waals surface area contributed by atoms with E-state index in [4.69, 9.17) is 9.47 Å². The number of piperazine rings is 1. The van der Waals surface area contributed by atoms with Crippen molar-refractivity contribution in [3.8, 4) is 17.2 Å². The molecular weight excluding hydrogens is 502 g/mol. The van der Waals surface area contributed by atoms with Crippen LogP contribution in [0.25, 0.3) is 0 Å². The molecule has 1 atom stereocenters. The van der Waals surface area contributed by atoms with Gasteiger partial charge in [0.05, 0.1) is 7.11 Å². The lowest BCUT2D eigenvalue weighted by Crippen LogP contribution is -2.72. The number of para-hydroxylation sites is 1. The molecule has 1 spiro atoms. The first-order valence-corrected chi connectivity index (χ1v) is 14.2. The second-order valence-corrected chi connectivity index (χ2v) is 11.3. The Kier molecular flexibility index (Phi) is 8.40. The molecule has 40 heavy (non-hydrogen) atoms. The standard InChI is InChI=1S/C33H39N3O4/c1-24(2)20-30-31(37)36(23-26-8-7-11-29(21-26)39-3)33(32(38)34-30)16-18-35(19-17-33)22-25-12-14-28(15-13-25)40-27-9-5-4-6-10-27/h4-15,21,24,30H,16-20,22-23H2,1-3H3,(H,34,38). The van der Waals surface area contributed by atoms with E-state index in [0.29, 0.717) is 31.7 Å². The van der Waals surface area contributed by atoms with Crippen LogP contribution in [0.1, 0.15) is 44.2 Å². The van der Waals surface area contributed by atoms with E-state index in [1.807, 2.05) is 71.6 Å². The Morgan fingerprint density at radius 1 is 0.850 bits per heavy atom. The Hall–Kier alpha value is -3.84. The van der Waals surface area contributed by atoms with Crippen molar-refractivity contribution < 1.29 is 19.1 Å². The van der Waals surface area contributed by atoms with E-state index >= 15 is 0 Å². The van der Waals surface area contributed by atoms with E-state index in [2.05, 4.69) is 36.2 Å². The van der Waals surface area contributed by atoms with Gasteiger partial charge in [0.2, 0.25) is 11.8 Å². The minimum Gasteiger partial charge on any atom is -0.497 e. The molecule has 2 aliphatic rings. The molecular formula is C33H39N3O4. The summed E-state index contributed by atoms with van der Waals surface area (Å²) in [5, 5.41) is 3.10. The van der Waals surface area contributed by atoms with Crippen LogP contribution in [0, 0.1) is 5.92 Å². The van der Waals surface area contributed by atoms with Crippen LogP contribution >= 0.6 is 0 Å². The number of methoxy groups -OCH3 is 1. The fourth-order valence-electron chi connectivity index (χ4n) is 5.81. The molecule has 1 unspecified atom stereocenters. The summed E-state index contributed by atoms with van der Waals surface area (Å²) >= 11 is 0. The second kappa shape index (κ2) is 12.1. The normalized spacial score (nSPS) is 19.1. The Bertz CT molecular complexity index is 1300. The molecule has 0 saturated carbocycles. The minimum atomic E-state index is -0.850. The van der Waals surface area contributed by atoms with Crippen LogP contribution < -0.4 is 14.8 Å². The van der Waals surface area contributed by atoms with Gasteiger partial charge < -0.3 is 19.7 Å². The lowest BCUT2D eigenvalue weighted by Gasteiger charge is -2.52. The molecule has 2 amide bonds. The summed E-state index contributed by atoms with van der Waals surface area (Å²) in [6.07, 6.45) is 1.82. The van der Waals surface area contributed by atoms with Crippen molar-refractivity contribution in [1.82, 2.24) is 15.1 Å². The molecule has 7 nitrogen and oxygen atoms in total. The number of amides is 2. The highest BCUT2D eigenvalue weighted by atomic mass is 16.5. The van der Waals surface area contributed by atoms with Crippen molar-refractivity contribution in [3.05, 3.63) is 90.0 Å². The Morgan fingerprint density at radius 2 is 1.52 bits per heavy atom. The summed E-state index contributed by atoms with van der Waals surface area (Å²) in [7, 11) is 1.64. The van der Waals surface area contributed by atoms with Crippen molar-refractivity contribution in [2.24, 2.45) is 5.92 Å². The third-order valence-corrected chi connectivity index (χ3v) is 7.98. The van der Waals surface area contributed by atoms with E-state index in [-0.39, 0.29) is 11.8 Å². The maximum atomic E-state index is 13.8. The van der Waals surface area contributed by atoms with Crippen molar-refractivity contribution in [1.29, 1.82) is 0 Å². The number of ether oxygens (including phenoxy) is 2. The summed E-state index contributed by atoms with van der Waals surface area (Å²) in [4.78, 5) is 31.8. The summed E-state index contributed by atoms with van der Waals surface area (Å²) in [6.45, 7) is 6.78. The largest absolute Gasteiger partial charge is 0.497 e. The van der Waals surface area contributed by atoms with Gasteiger partial charge in [-0.1, -0.05) is 56.3 Å². The fourth-order valence-corrected chi connectivity index (χ4v) is 5.81. The Balaban J connectivity index is 1.28. The van der Waals surface area contributed by atoms with E-state index in [1.165, 1.54) is 5.56 Å². The zero-order chi connectivity index (χ0) is 28.1. The van der Waals surface area contributed by atoms with Gasteiger partial charge in [-0.15, -0.1) is 0 Å². The smallest absolute Gasteiger partial charge is 0.246 e. The predicted molar refractivity (Wildman–Crippen MR) is 155 cm³/mol. The van der Waals surface area contributed by atoms with Crippen LogP contribution in [0.15, 0.2) is 78.9 Å². The van der Waals surface area contributed by atoms with Crippen LogP contribution in [-0.2, 0) is 22.7 Å².